The molecular weight excluding hydrogens is 443 g/mol. The van der Waals surface area contributed by atoms with Crippen LogP contribution in [0.1, 0.15) is 24.4 Å². The first-order chi connectivity index (χ1) is 12.3. The highest BCUT2D eigenvalue weighted by Gasteiger charge is 2.24. The van der Waals surface area contributed by atoms with Crippen LogP contribution in [0.3, 0.4) is 0 Å². The number of nitrogens with one attached hydrogen (secondary N) is 1. The van der Waals surface area contributed by atoms with E-state index >= 15 is 0 Å². The quantitative estimate of drug-likeness (QED) is 0.404. The Balaban J connectivity index is 0.00000243. The molecule has 1 N–H and O–H groups in total. The van der Waals surface area contributed by atoms with E-state index in [9.17, 15) is 0 Å². The van der Waals surface area contributed by atoms with Gasteiger partial charge in [0.05, 0.1) is 26.4 Å². The molecule has 0 saturated carbocycles. The van der Waals surface area contributed by atoms with Crippen molar-refractivity contribution < 1.29 is 9.47 Å². The maximum absolute atomic E-state index is 5.54. The van der Waals surface area contributed by atoms with Gasteiger partial charge in [-0.05, 0) is 30.5 Å². The minimum Gasteiger partial charge on any atom is -0.497 e. The third-order valence-electron chi connectivity index (χ3n) is 5.06. The molecule has 0 amide bonds. The van der Waals surface area contributed by atoms with Gasteiger partial charge in [-0.1, -0.05) is 12.1 Å². The SMILES string of the molecule is CN=C(NCC(c1ccc(OC)cc1)N1CCOCC1)N1CCCC1.I. The smallest absolute Gasteiger partial charge is 0.193 e. The molecule has 0 spiro atoms. The highest BCUT2D eigenvalue weighted by molar-refractivity contribution is 14.0. The predicted octanol–water partition coefficient (Wildman–Crippen LogP) is 2.36. The maximum atomic E-state index is 5.54. The van der Waals surface area contributed by atoms with Crippen molar-refractivity contribution in [2.45, 2.75) is 18.9 Å². The van der Waals surface area contributed by atoms with Gasteiger partial charge in [-0.2, -0.15) is 0 Å². The summed E-state index contributed by atoms with van der Waals surface area (Å²) in [5.41, 5.74) is 1.30. The monoisotopic (exact) mass is 474 g/mol. The number of likely N-dealkylation sites (tertiary alicyclic amines) is 1. The fourth-order valence-electron chi connectivity index (χ4n) is 3.62. The summed E-state index contributed by atoms with van der Waals surface area (Å²) < 4.78 is 10.8. The van der Waals surface area contributed by atoms with Gasteiger partial charge >= 0.3 is 0 Å². The number of nitrogens with zero attached hydrogens (tertiary/aromatic N) is 3. The Hall–Kier alpha value is -1.06. The average Bonchev–Trinajstić information content (AvgIpc) is 3.21. The Kier molecular flexibility index (Phi) is 8.94. The van der Waals surface area contributed by atoms with E-state index in [1.807, 2.05) is 19.2 Å². The number of hydrogen-bond acceptors (Lipinski definition) is 4. The second-order valence-electron chi connectivity index (χ2n) is 6.56. The molecule has 6 nitrogen and oxygen atoms in total. The molecule has 2 heterocycles. The van der Waals surface area contributed by atoms with Crippen LogP contribution < -0.4 is 10.1 Å². The lowest BCUT2D eigenvalue weighted by Gasteiger charge is -2.35. The molecule has 146 valence electrons. The first kappa shape index (κ1) is 21.2. The van der Waals surface area contributed by atoms with Crippen LogP contribution in [0, 0.1) is 0 Å². The number of ether oxygens (including phenoxy) is 2. The molecule has 1 aromatic rings. The molecule has 1 aromatic carbocycles. The lowest BCUT2D eigenvalue weighted by molar-refractivity contribution is 0.0169. The Morgan fingerprint density at radius 3 is 2.38 bits per heavy atom. The molecular formula is C19H31IN4O2. The number of hydrogen-bond donors (Lipinski definition) is 1. The molecule has 2 aliphatic rings. The number of morpholine rings is 1. The molecule has 0 aromatic heterocycles. The van der Waals surface area contributed by atoms with Crippen molar-refractivity contribution >= 4 is 29.9 Å². The first-order valence-electron chi connectivity index (χ1n) is 9.23. The van der Waals surface area contributed by atoms with Gasteiger partial charge in [-0.25, -0.2) is 0 Å². The van der Waals surface area contributed by atoms with Crippen LogP contribution >= 0.6 is 24.0 Å². The van der Waals surface area contributed by atoms with Gasteiger partial charge in [0.15, 0.2) is 5.96 Å². The molecule has 3 rings (SSSR count). The zero-order chi connectivity index (χ0) is 17.5. The van der Waals surface area contributed by atoms with E-state index < -0.39 is 0 Å². The van der Waals surface area contributed by atoms with E-state index in [1.165, 1.54) is 18.4 Å². The van der Waals surface area contributed by atoms with E-state index in [4.69, 9.17) is 9.47 Å². The molecule has 2 saturated heterocycles. The summed E-state index contributed by atoms with van der Waals surface area (Å²) in [6.07, 6.45) is 2.51. The Morgan fingerprint density at radius 2 is 1.81 bits per heavy atom. The first-order valence-corrected chi connectivity index (χ1v) is 9.23. The van der Waals surface area contributed by atoms with Gasteiger partial charge in [0, 0.05) is 39.8 Å². The molecule has 2 aliphatic heterocycles. The Labute approximate surface area is 173 Å². The van der Waals surface area contributed by atoms with Gasteiger partial charge in [-0.3, -0.25) is 9.89 Å². The van der Waals surface area contributed by atoms with Crippen LogP contribution in [0.4, 0.5) is 0 Å². The van der Waals surface area contributed by atoms with Crippen LogP contribution in [0.2, 0.25) is 0 Å². The number of methoxy groups -OCH3 is 1. The summed E-state index contributed by atoms with van der Waals surface area (Å²) >= 11 is 0. The Bertz CT molecular complexity index is 555. The van der Waals surface area contributed by atoms with Crippen molar-refractivity contribution in [3.05, 3.63) is 29.8 Å². The van der Waals surface area contributed by atoms with Crippen LogP contribution in [0.5, 0.6) is 5.75 Å². The summed E-state index contributed by atoms with van der Waals surface area (Å²) in [5.74, 6) is 1.91. The predicted molar refractivity (Wildman–Crippen MR) is 116 cm³/mol. The molecule has 0 bridgehead atoms. The van der Waals surface area contributed by atoms with Crippen molar-refractivity contribution in [1.29, 1.82) is 0 Å². The zero-order valence-corrected chi connectivity index (χ0v) is 18.1. The van der Waals surface area contributed by atoms with E-state index in [1.54, 1.807) is 7.11 Å². The fraction of sp³-hybridized carbons (Fsp3) is 0.632. The van der Waals surface area contributed by atoms with Gasteiger partial charge in [-0.15, -0.1) is 24.0 Å². The van der Waals surface area contributed by atoms with Gasteiger partial charge in [0.1, 0.15) is 5.75 Å². The average molecular weight is 474 g/mol. The molecule has 7 heteroatoms. The van der Waals surface area contributed by atoms with Crippen LogP contribution in [-0.2, 0) is 4.74 Å². The van der Waals surface area contributed by atoms with E-state index in [-0.39, 0.29) is 24.0 Å². The molecule has 26 heavy (non-hydrogen) atoms. The normalized spacial score (nSPS) is 19.8. The number of aliphatic imine (C=N–C) groups is 1. The standard InChI is InChI=1S/C19H30N4O2.HI/c1-20-19(23-9-3-4-10-23)21-15-18(22-11-13-25-14-12-22)16-5-7-17(24-2)8-6-16;/h5-8,18H,3-4,9-15H2,1-2H3,(H,20,21);1H. The third-order valence-corrected chi connectivity index (χ3v) is 5.06. The number of rotatable bonds is 5. The summed E-state index contributed by atoms with van der Waals surface area (Å²) in [4.78, 5) is 9.32. The summed E-state index contributed by atoms with van der Waals surface area (Å²) in [7, 11) is 3.58. The maximum Gasteiger partial charge on any atom is 0.193 e. The van der Waals surface area contributed by atoms with Gasteiger partial charge in [0.2, 0.25) is 0 Å². The number of guanidine groups is 1. The lowest BCUT2D eigenvalue weighted by Crippen LogP contribution is -2.47. The fourth-order valence-corrected chi connectivity index (χ4v) is 3.62. The van der Waals surface area contributed by atoms with E-state index in [2.05, 4.69) is 32.2 Å². The van der Waals surface area contributed by atoms with Crippen molar-refractivity contribution in [3.63, 3.8) is 0 Å². The number of halogens is 1. The van der Waals surface area contributed by atoms with Crippen LogP contribution in [-0.4, -0.2) is 75.9 Å². The largest absolute Gasteiger partial charge is 0.497 e. The minimum atomic E-state index is 0. The van der Waals surface area contributed by atoms with E-state index in [0.717, 1.165) is 57.6 Å². The van der Waals surface area contributed by atoms with Crippen molar-refractivity contribution in [3.8, 4) is 5.75 Å². The lowest BCUT2D eigenvalue weighted by atomic mass is 10.0. The van der Waals surface area contributed by atoms with Crippen LogP contribution in [0.15, 0.2) is 29.3 Å². The van der Waals surface area contributed by atoms with Crippen molar-refractivity contribution in [2.75, 3.05) is 60.1 Å². The van der Waals surface area contributed by atoms with Crippen molar-refractivity contribution in [1.82, 2.24) is 15.1 Å². The highest BCUT2D eigenvalue weighted by atomic mass is 127. The highest BCUT2D eigenvalue weighted by Crippen LogP contribution is 2.24. The third kappa shape index (κ3) is 5.47. The molecule has 2 fully saturated rings. The van der Waals surface area contributed by atoms with Crippen molar-refractivity contribution in [2.24, 2.45) is 4.99 Å². The summed E-state index contributed by atoms with van der Waals surface area (Å²) in [6, 6.07) is 8.71. The summed E-state index contributed by atoms with van der Waals surface area (Å²) in [6.45, 7) is 6.56. The summed E-state index contributed by atoms with van der Waals surface area (Å²) in [5, 5.41) is 3.60. The Morgan fingerprint density at radius 1 is 1.15 bits per heavy atom. The second-order valence-corrected chi connectivity index (χ2v) is 6.56. The molecule has 1 unspecified atom stereocenters. The van der Waals surface area contributed by atoms with Crippen LogP contribution in [0.25, 0.3) is 0 Å². The van der Waals surface area contributed by atoms with Gasteiger partial charge < -0.3 is 19.7 Å². The van der Waals surface area contributed by atoms with Gasteiger partial charge in [0.25, 0.3) is 0 Å². The zero-order valence-electron chi connectivity index (χ0n) is 15.8. The second kappa shape index (κ2) is 10.9. The topological polar surface area (TPSA) is 49.3 Å². The molecule has 1 atom stereocenters. The number of benzene rings is 1. The minimum absolute atomic E-state index is 0. The molecule has 0 aliphatic carbocycles. The molecule has 0 radical (unpaired) electrons. The van der Waals surface area contributed by atoms with E-state index in [0.29, 0.717) is 6.04 Å².